The first kappa shape index (κ1) is 13.5. The van der Waals surface area contributed by atoms with Gasteiger partial charge in [-0.25, -0.2) is 4.39 Å². The number of benzene rings is 1. The molecule has 1 unspecified atom stereocenters. The Hall–Kier alpha value is -0.890. The third kappa shape index (κ3) is 3.55. The molecule has 1 fully saturated rings. The molecule has 0 radical (unpaired) electrons. The Labute approximate surface area is 110 Å². The standard InChI is InChI=1S/C16H24FN/c1-2-10-18-12-15(13-7-5-8-13)11-14-6-3-4-9-16(14)17/h3-4,6,9,13,15,18H,2,5,7-8,10-12H2,1H3. The van der Waals surface area contributed by atoms with Gasteiger partial charge >= 0.3 is 0 Å². The Morgan fingerprint density at radius 2 is 2.11 bits per heavy atom. The highest BCUT2D eigenvalue weighted by molar-refractivity contribution is 5.18. The minimum absolute atomic E-state index is 0.0442. The lowest BCUT2D eigenvalue weighted by Gasteiger charge is -2.34. The van der Waals surface area contributed by atoms with Gasteiger partial charge in [-0.15, -0.1) is 0 Å². The third-order valence-corrected chi connectivity index (χ3v) is 4.09. The van der Waals surface area contributed by atoms with Crippen LogP contribution in [0.1, 0.15) is 38.2 Å². The lowest BCUT2D eigenvalue weighted by atomic mass is 9.73. The van der Waals surface area contributed by atoms with Gasteiger partial charge in [0.05, 0.1) is 0 Å². The van der Waals surface area contributed by atoms with E-state index in [0.29, 0.717) is 5.92 Å². The van der Waals surface area contributed by atoms with Gasteiger partial charge in [-0.3, -0.25) is 0 Å². The third-order valence-electron chi connectivity index (χ3n) is 4.09. The van der Waals surface area contributed by atoms with Crippen LogP contribution in [-0.2, 0) is 6.42 Å². The van der Waals surface area contributed by atoms with Crippen molar-refractivity contribution in [2.45, 2.75) is 39.0 Å². The number of halogens is 1. The Morgan fingerprint density at radius 1 is 1.33 bits per heavy atom. The Morgan fingerprint density at radius 3 is 2.72 bits per heavy atom. The quantitative estimate of drug-likeness (QED) is 0.725. The van der Waals surface area contributed by atoms with Crippen molar-refractivity contribution in [1.82, 2.24) is 5.32 Å². The van der Waals surface area contributed by atoms with E-state index in [1.807, 2.05) is 12.1 Å². The molecule has 1 aromatic carbocycles. The average molecular weight is 249 g/mol. The fraction of sp³-hybridized carbons (Fsp3) is 0.625. The summed E-state index contributed by atoms with van der Waals surface area (Å²) in [5, 5.41) is 3.50. The second kappa shape index (κ2) is 6.89. The summed E-state index contributed by atoms with van der Waals surface area (Å²) in [6, 6.07) is 7.22. The predicted octanol–water partition coefficient (Wildman–Crippen LogP) is 3.78. The largest absolute Gasteiger partial charge is 0.316 e. The molecule has 1 aliphatic carbocycles. The first-order chi connectivity index (χ1) is 8.81. The number of hydrogen-bond donors (Lipinski definition) is 1. The van der Waals surface area contributed by atoms with E-state index < -0.39 is 0 Å². The highest BCUT2D eigenvalue weighted by Crippen LogP contribution is 2.35. The molecular formula is C16H24FN. The van der Waals surface area contributed by atoms with Crippen molar-refractivity contribution < 1.29 is 4.39 Å². The summed E-state index contributed by atoms with van der Waals surface area (Å²) in [6.45, 7) is 4.29. The normalized spacial score (nSPS) is 17.4. The maximum Gasteiger partial charge on any atom is 0.126 e. The van der Waals surface area contributed by atoms with Crippen molar-refractivity contribution in [3.8, 4) is 0 Å². The van der Waals surface area contributed by atoms with Crippen LogP contribution in [-0.4, -0.2) is 13.1 Å². The Bertz CT molecular complexity index is 360. The number of rotatable bonds is 7. The van der Waals surface area contributed by atoms with Crippen molar-refractivity contribution >= 4 is 0 Å². The maximum absolute atomic E-state index is 13.7. The minimum Gasteiger partial charge on any atom is -0.316 e. The molecule has 1 aromatic rings. The summed E-state index contributed by atoms with van der Waals surface area (Å²) in [7, 11) is 0. The lowest BCUT2D eigenvalue weighted by molar-refractivity contribution is 0.199. The van der Waals surface area contributed by atoms with E-state index in [2.05, 4.69) is 12.2 Å². The predicted molar refractivity (Wildman–Crippen MR) is 74.1 cm³/mol. The highest BCUT2D eigenvalue weighted by atomic mass is 19.1. The van der Waals surface area contributed by atoms with E-state index >= 15 is 0 Å². The maximum atomic E-state index is 13.7. The van der Waals surface area contributed by atoms with Gasteiger partial charge in [0.2, 0.25) is 0 Å². The first-order valence-electron chi connectivity index (χ1n) is 7.25. The summed E-state index contributed by atoms with van der Waals surface area (Å²) in [6.07, 6.45) is 6.05. The molecule has 0 bridgehead atoms. The van der Waals surface area contributed by atoms with Gasteiger partial charge in [0, 0.05) is 0 Å². The van der Waals surface area contributed by atoms with Crippen molar-refractivity contribution in [3.05, 3.63) is 35.6 Å². The number of hydrogen-bond acceptors (Lipinski definition) is 1. The van der Waals surface area contributed by atoms with Crippen LogP contribution >= 0.6 is 0 Å². The van der Waals surface area contributed by atoms with Gasteiger partial charge in [0.25, 0.3) is 0 Å². The van der Waals surface area contributed by atoms with Gasteiger partial charge in [0.1, 0.15) is 5.82 Å². The number of nitrogens with one attached hydrogen (secondary N) is 1. The molecule has 0 aromatic heterocycles. The monoisotopic (exact) mass is 249 g/mol. The molecule has 2 rings (SSSR count). The molecule has 1 saturated carbocycles. The second-order valence-corrected chi connectivity index (χ2v) is 5.45. The van der Waals surface area contributed by atoms with E-state index in [1.165, 1.54) is 19.3 Å². The van der Waals surface area contributed by atoms with Crippen LogP contribution < -0.4 is 5.32 Å². The lowest BCUT2D eigenvalue weighted by Crippen LogP contribution is -2.33. The van der Waals surface area contributed by atoms with Crippen molar-refractivity contribution in [3.63, 3.8) is 0 Å². The van der Waals surface area contributed by atoms with Gasteiger partial charge in [-0.05, 0) is 49.4 Å². The fourth-order valence-electron chi connectivity index (χ4n) is 2.73. The zero-order valence-electron chi connectivity index (χ0n) is 11.3. The Balaban J connectivity index is 1.93. The Kier molecular flexibility index (Phi) is 5.18. The van der Waals surface area contributed by atoms with Crippen LogP contribution in [0.4, 0.5) is 4.39 Å². The SMILES string of the molecule is CCCNCC(Cc1ccccc1F)C1CCC1. The van der Waals surface area contributed by atoms with Gasteiger partial charge in [-0.2, -0.15) is 0 Å². The van der Waals surface area contributed by atoms with E-state index in [0.717, 1.165) is 37.4 Å². The molecule has 0 spiro atoms. The highest BCUT2D eigenvalue weighted by Gasteiger charge is 2.27. The van der Waals surface area contributed by atoms with Crippen LogP contribution in [0, 0.1) is 17.7 Å². The van der Waals surface area contributed by atoms with E-state index in [4.69, 9.17) is 0 Å². The average Bonchev–Trinajstić information content (AvgIpc) is 2.30. The summed E-state index contributed by atoms with van der Waals surface area (Å²) >= 11 is 0. The summed E-state index contributed by atoms with van der Waals surface area (Å²) in [5.41, 5.74) is 0.882. The van der Waals surface area contributed by atoms with E-state index in [1.54, 1.807) is 12.1 Å². The second-order valence-electron chi connectivity index (χ2n) is 5.45. The van der Waals surface area contributed by atoms with Gasteiger partial charge < -0.3 is 5.32 Å². The topological polar surface area (TPSA) is 12.0 Å². The van der Waals surface area contributed by atoms with Crippen LogP contribution in [0.25, 0.3) is 0 Å². The molecule has 1 nitrogen and oxygen atoms in total. The van der Waals surface area contributed by atoms with Crippen molar-refractivity contribution in [1.29, 1.82) is 0 Å². The molecule has 0 aliphatic heterocycles. The molecule has 1 N–H and O–H groups in total. The molecule has 1 aliphatic rings. The molecule has 100 valence electrons. The zero-order valence-corrected chi connectivity index (χ0v) is 11.3. The van der Waals surface area contributed by atoms with Crippen LogP contribution in [0.3, 0.4) is 0 Å². The van der Waals surface area contributed by atoms with E-state index in [-0.39, 0.29) is 5.82 Å². The zero-order chi connectivity index (χ0) is 12.8. The minimum atomic E-state index is -0.0442. The molecule has 0 heterocycles. The molecule has 1 atom stereocenters. The van der Waals surface area contributed by atoms with Crippen LogP contribution in [0.5, 0.6) is 0 Å². The molecule has 0 amide bonds. The molecule has 0 saturated heterocycles. The summed E-state index contributed by atoms with van der Waals surface area (Å²) < 4.78 is 13.7. The molecular weight excluding hydrogens is 225 g/mol. The smallest absolute Gasteiger partial charge is 0.126 e. The van der Waals surface area contributed by atoms with E-state index in [9.17, 15) is 4.39 Å². The van der Waals surface area contributed by atoms with Gasteiger partial charge in [0.15, 0.2) is 0 Å². The molecule has 2 heteroatoms. The first-order valence-corrected chi connectivity index (χ1v) is 7.25. The van der Waals surface area contributed by atoms with Crippen LogP contribution in [0.2, 0.25) is 0 Å². The molecule has 18 heavy (non-hydrogen) atoms. The van der Waals surface area contributed by atoms with Crippen molar-refractivity contribution in [2.75, 3.05) is 13.1 Å². The fourth-order valence-corrected chi connectivity index (χ4v) is 2.73. The van der Waals surface area contributed by atoms with Crippen LogP contribution in [0.15, 0.2) is 24.3 Å². The summed E-state index contributed by atoms with van der Waals surface area (Å²) in [5.74, 6) is 1.36. The van der Waals surface area contributed by atoms with Crippen molar-refractivity contribution in [2.24, 2.45) is 11.8 Å². The summed E-state index contributed by atoms with van der Waals surface area (Å²) in [4.78, 5) is 0. The van der Waals surface area contributed by atoms with Gasteiger partial charge in [-0.1, -0.05) is 44.4 Å².